The van der Waals surface area contributed by atoms with Gasteiger partial charge in [0.1, 0.15) is 11.9 Å². The van der Waals surface area contributed by atoms with E-state index in [1.165, 1.54) is 0 Å². The van der Waals surface area contributed by atoms with Gasteiger partial charge in [0.15, 0.2) is 0 Å². The van der Waals surface area contributed by atoms with Gasteiger partial charge in [0.2, 0.25) is 15.9 Å². The molecule has 0 radical (unpaired) electrons. The summed E-state index contributed by atoms with van der Waals surface area (Å²) in [6, 6.07) is 6.42. The van der Waals surface area contributed by atoms with E-state index in [1.54, 1.807) is 30.3 Å². The van der Waals surface area contributed by atoms with Gasteiger partial charge >= 0.3 is 6.18 Å². The normalized spacial score (nSPS) is 30.6. The van der Waals surface area contributed by atoms with E-state index < -0.39 is 52.2 Å². The minimum absolute atomic E-state index is 0.279. The second-order valence-corrected chi connectivity index (χ2v) is 14.2. The van der Waals surface area contributed by atoms with E-state index in [9.17, 15) is 26.4 Å². The molecule has 204 valence electrons. The third-order valence-corrected chi connectivity index (χ3v) is 11.1. The molecule has 4 saturated carbocycles. The zero-order chi connectivity index (χ0) is 26.9. The number of benzene rings is 1. The molecule has 7 nitrogen and oxygen atoms in total. The first-order valence-corrected chi connectivity index (χ1v) is 14.5. The molecule has 1 heterocycles. The molecule has 1 aromatic rings. The van der Waals surface area contributed by atoms with Gasteiger partial charge in [0, 0.05) is 29.1 Å². The molecule has 0 unspecified atom stereocenters. The fourth-order valence-corrected chi connectivity index (χ4v) is 8.65. The Kier molecular flexibility index (Phi) is 6.39. The average Bonchev–Trinajstić information content (AvgIpc) is 2.99. The summed E-state index contributed by atoms with van der Waals surface area (Å²) in [6.07, 6.45) is -1.37. The molecule has 1 aromatic carbocycles. The number of sulfonamides is 1. The number of hydrogen-bond donors (Lipinski definition) is 2. The summed E-state index contributed by atoms with van der Waals surface area (Å²) in [5.74, 6) is 0.133. The first kappa shape index (κ1) is 26.7. The number of aliphatic imine (C=N–C) groups is 1. The number of carbonyl (C=O) groups is 1. The van der Waals surface area contributed by atoms with Crippen molar-refractivity contribution >= 4 is 33.4 Å². The number of nitrogens with zero attached hydrogens (tertiary/aromatic N) is 2. The van der Waals surface area contributed by atoms with Gasteiger partial charge in [-0.3, -0.25) is 9.79 Å². The van der Waals surface area contributed by atoms with Crippen LogP contribution in [0.2, 0.25) is 5.02 Å². The number of halogens is 4. The molecule has 4 fully saturated rings. The van der Waals surface area contributed by atoms with Crippen LogP contribution in [-0.4, -0.2) is 59.6 Å². The summed E-state index contributed by atoms with van der Waals surface area (Å²) >= 11 is 6.02. The van der Waals surface area contributed by atoms with Crippen LogP contribution < -0.4 is 10.6 Å². The number of nitrogens with one attached hydrogen (secondary N) is 2. The SMILES string of the molecule is CC1(C)N=C(C23CC(N(Cc4ccc(Cl)cc4)S(=O)(=O)C4CCC4)(C2)C3)N[C@H]1C(=O)NCCC(F)(F)F. The van der Waals surface area contributed by atoms with Gasteiger partial charge in [-0.25, -0.2) is 8.42 Å². The van der Waals surface area contributed by atoms with Gasteiger partial charge in [-0.05, 0) is 63.6 Å². The van der Waals surface area contributed by atoms with Crippen molar-refractivity contribution in [1.82, 2.24) is 14.9 Å². The smallest absolute Gasteiger partial charge is 0.360 e. The molecule has 12 heteroatoms. The summed E-state index contributed by atoms with van der Waals surface area (Å²) in [5, 5.41) is 5.79. The maximum atomic E-state index is 13.6. The van der Waals surface area contributed by atoms with E-state index >= 15 is 0 Å². The highest BCUT2D eigenvalue weighted by Crippen LogP contribution is 2.71. The highest BCUT2D eigenvalue weighted by Gasteiger charge is 2.75. The standard InChI is InChI=1S/C25H32ClF3N4O3S/c1-22(2)19(20(34)30-11-10-25(27,28)29)31-21(32-22)23-13-24(14-23,15-23)33(37(35,36)18-4-3-5-18)12-16-6-8-17(26)9-7-16/h6-9,18-19H,3-5,10-15H2,1-2H3,(H,30,34)(H,31,32)/t19-,23?,24?/m0/s1. The van der Waals surface area contributed by atoms with Crippen LogP contribution in [0.15, 0.2) is 29.3 Å². The van der Waals surface area contributed by atoms with Crippen molar-refractivity contribution < 1.29 is 26.4 Å². The van der Waals surface area contributed by atoms with Crippen molar-refractivity contribution in [1.29, 1.82) is 0 Å². The van der Waals surface area contributed by atoms with Crippen LogP contribution >= 0.6 is 11.6 Å². The zero-order valence-corrected chi connectivity index (χ0v) is 22.4. The van der Waals surface area contributed by atoms with Crippen molar-refractivity contribution in [2.75, 3.05) is 6.54 Å². The highest BCUT2D eigenvalue weighted by molar-refractivity contribution is 7.89. The van der Waals surface area contributed by atoms with Crippen molar-refractivity contribution in [2.24, 2.45) is 10.4 Å². The Morgan fingerprint density at radius 2 is 1.81 bits per heavy atom. The van der Waals surface area contributed by atoms with Crippen molar-refractivity contribution in [3.63, 3.8) is 0 Å². The number of rotatable bonds is 9. The Hall–Kier alpha value is -1.85. The molecule has 1 atom stereocenters. The Morgan fingerprint density at radius 1 is 1.19 bits per heavy atom. The number of amides is 1. The van der Waals surface area contributed by atoms with Gasteiger partial charge < -0.3 is 10.6 Å². The van der Waals surface area contributed by atoms with Crippen LogP contribution in [0.5, 0.6) is 0 Å². The molecule has 1 amide bonds. The van der Waals surface area contributed by atoms with Crippen molar-refractivity contribution in [3.05, 3.63) is 34.9 Å². The summed E-state index contributed by atoms with van der Waals surface area (Å²) in [5.41, 5.74) is -0.790. The van der Waals surface area contributed by atoms with E-state index in [0.717, 1.165) is 12.0 Å². The molecule has 2 N–H and O–H groups in total. The van der Waals surface area contributed by atoms with E-state index in [2.05, 4.69) is 10.6 Å². The minimum atomic E-state index is -4.34. The number of carbonyl (C=O) groups excluding carboxylic acids is 1. The van der Waals surface area contributed by atoms with Gasteiger partial charge in [0.05, 0.1) is 17.2 Å². The maximum Gasteiger partial charge on any atom is 0.390 e. The zero-order valence-electron chi connectivity index (χ0n) is 20.9. The molecule has 4 aliphatic carbocycles. The predicted molar refractivity (Wildman–Crippen MR) is 135 cm³/mol. The number of amidine groups is 1. The van der Waals surface area contributed by atoms with Crippen LogP contribution in [-0.2, 0) is 21.4 Å². The minimum Gasteiger partial charge on any atom is -0.360 e. The molecule has 2 bridgehead atoms. The molecule has 6 rings (SSSR count). The van der Waals surface area contributed by atoms with Crippen molar-refractivity contribution in [3.8, 4) is 0 Å². The van der Waals surface area contributed by atoms with E-state index in [4.69, 9.17) is 16.6 Å². The van der Waals surface area contributed by atoms with Crippen LogP contribution in [0.25, 0.3) is 0 Å². The second kappa shape index (κ2) is 8.84. The summed E-state index contributed by atoms with van der Waals surface area (Å²) in [6.45, 7) is 3.34. The summed E-state index contributed by atoms with van der Waals surface area (Å²) in [4.78, 5) is 17.4. The average molecular weight is 561 g/mol. The lowest BCUT2D eigenvalue weighted by atomic mass is 9.38. The Labute approximate surface area is 220 Å². The third kappa shape index (κ3) is 4.76. The first-order valence-electron chi connectivity index (χ1n) is 12.6. The van der Waals surface area contributed by atoms with Crippen LogP contribution in [0.4, 0.5) is 13.2 Å². The van der Waals surface area contributed by atoms with E-state index in [1.807, 2.05) is 12.1 Å². The lowest BCUT2D eigenvalue weighted by Gasteiger charge is -2.73. The van der Waals surface area contributed by atoms with E-state index in [0.29, 0.717) is 43.0 Å². The maximum absolute atomic E-state index is 13.6. The second-order valence-electron chi connectivity index (χ2n) is 11.6. The Bertz CT molecular complexity index is 1190. The molecule has 0 aromatic heterocycles. The molecule has 37 heavy (non-hydrogen) atoms. The molecule has 1 aliphatic heterocycles. The first-order chi connectivity index (χ1) is 17.2. The van der Waals surface area contributed by atoms with Crippen LogP contribution in [0, 0.1) is 5.41 Å². The Balaban J connectivity index is 1.28. The lowest BCUT2D eigenvalue weighted by Crippen LogP contribution is -2.79. The fourth-order valence-electron chi connectivity index (χ4n) is 6.17. The molecule has 5 aliphatic rings. The van der Waals surface area contributed by atoms with Gasteiger partial charge in [-0.2, -0.15) is 17.5 Å². The fraction of sp³-hybridized carbons (Fsp3) is 0.680. The predicted octanol–water partition coefficient (Wildman–Crippen LogP) is 4.16. The van der Waals surface area contributed by atoms with Crippen molar-refractivity contribution in [2.45, 2.75) is 93.9 Å². The number of alkyl halides is 3. The summed E-state index contributed by atoms with van der Waals surface area (Å²) in [7, 11) is -3.49. The Morgan fingerprint density at radius 3 is 2.35 bits per heavy atom. The quantitative estimate of drug-likeness (QED) is 0.474. The van der Waals surface area contributed by atoms with Gasteiger partial charge in [-0.15, -0.1) is 0 Å². The molecular formula is C25H32ClF3N4O3S. The highest BCUT2D eigenvalue weighted by atomic mass is 35.5. The van der Waals surface area contributed by atoms with E-state index in [-0.39, 0.29) is 17.2 Å². The van der Waals surface area contributed by atoms with Gasteiger partial charge in [-0.1, -0.05) is 30.2 Å². The largest absolute Gasteiger partial charge is 0.390 e. The van der Waals surface area contributed by atoms with Crippen LogP contribution in [0.1, 0.15) is 64.4 Å². The molecule has 0 spiro atoms. The molecular weight excluding hydrogens is 529 g/mol. The molecule has 0 saturated heterocycles. The van der Waals surface area contributed by atoms with Gasteiger partial charge in [0.25, 0.3) is 0 Å². The van der Waals surface area contributed by atoms with Crippen LogP contribution in [0.3, 0.4) is 0 Å². The third-order valence-electron chi connectivity index (χ3n) is 8.41. The number of hydrogen-bond acceptors (Lipinski definition) is 5. The monoisotopic (exact) mass is 560 g/mol. The topological polar surface area (TPSA) is 90.9 Å². The lowest BCUT2D eigenvalue weighted by molar-refractivity contribution is -0.151. The summed E-state index contributed by atoms with van der Waals surface area (Å²) < 4.78 is 66.4.